The number of likely N-dealkylation sites (N-methyl/N-ethyl adjacent to an activating group) is 1. The maximum atomic E-state index is 13.1. The maximum Gasteiger partial charge on any atom is 0.256 e. The van der Waals surface area contributed by atoms with E-state index in [2.05, 4.69) is 23.0 Å². The topological polar surface area (TPSA) is 58.6 Å². The van der Waals surface area contributed by atoms with Crippen molar-refractivity contribution in [3.05, 3.63) is 58.7 Å². The minimum absolute atomic E-state index is 0.102. The third-order valence-corrected chi connectivity index (χ3v) is 6.53. The Balaban J connectivity index is 1.25. The molecule has 152 valence electrons. The Morgan fingerprint density at radius 3 is 2.79 bits per heavy atom. The summed E-state index contributed by atoms with van der Waals surface area (Å²) in [6, 6.07) is 8.16. The number of amides is 1. The zero-order valence-electron chi connectivity index (χ0n) is 17.0. The molecule has 0 saturated carbocycles. The molecule has 2 aromatic rings. The monoisotopic (exact) mass is 392 g/mol. The quantitative estimate of drug-likeness (QED) is 0.786. The Kier molecular flexibility index (Phi) is 5.06. The summed E-state index contributed by atoms with van der Waals surface area (Å²) < 4.78 is 5.88. The van der Waals surface area contributed by atoms with E-state index in [0.717, 1.165) is 63.3 Å². The SMILES string of the molecule is CN1CCc2nc(C3CCN(C(=O)[C@@H]4OCCc5ccccc54)CC3)ncc2C1. The number of ether oxygens (including phenoxy) is 1. The lowest BCUT2D eigenvalue weighted by molar-refractivity contribution is -0.146. The first-order chi connectivity index (χ1) is 14.2. The second kappa shape index (κ2) is 7.84. The fraction of sp³-hybridized carbons (Fsp3) is 0.522. The molecule has 0 bridgehead atoms. The Bertz CT molecular complexity index is 908. The van der Waals surface area contributed by atoms with Crippen LogP contribution in [0.2, 0.25) is 0 Å². The third kappa shape index (κ3) is 3.67. The number of hydrogen-bond donors (Lipinski definition) is 0. The van der Waals surface area contributed by atoms with Gasteiger partial charge in [0, 0.05) is 56.0 Å². The zero-order chi connectivity index (χ0) is 19.8. The first-order valence-corrected chi connectivity index (χ1v) is 10.7. The van der Waals surface area contributed by atoms with Crippen molar-refractivity contribution in [2.75, 3.05) is 33.3 Å². The average Bonchev–Trinajstić information content (AvgIpc) is 2.78. The minimum atomic E-state index is -0.450. The van der Waals surface area contributed by atoms with Crippen molar-refractivity contribution in [3.8, 4) is 0 Å². The molecule has 3 aliphatic heterocycles. The summed E-state index contributed by atoms with van der Waals surface area (Å²) in [5.74, 6) is 1.40. The van der Waals surface area contributed by atoms with Crippen molar-refractivity contribution in [1.82, 2.24) is 19.8 Å². The van der Waals surface area contributed by atoms with Crippen LogP contribution in [0.5, 0.6) is 0 Å². The van der Waals surface area contributed by atoms with E-state index in [1.54, 1.807) is 0 Å². The molecular weight excluding hydrogens is 364 g/mol. The molecule has 4 heterocycles. The summed E-state index contributed by atoms with van der Waals surface area (Å²) in [6.07, 6.45) is 5.27. The fourth-order valence-electron chi connectivity index (χ4n) is 4.79. The number of likely N-dealkylation sites (tertiary alicyclic amines) is 1. The predicted molar refractivity (Wildman–Crippen MR) is 109 cm³/mol. The molecule has 29 heavy (non-hydrogen) atoms. The van der Waals surface area contributed by atoms with Crippen LogP contribution < -0.4 is 0 Å². The Morgan fingerprint density at radius 1 is 1.10 bits per heavy atom. The van der Waals surface area contributed by atoms with Gasteiger partial charge in [0.1, 0.15) is 5.82 Å². The molecule has 6 nitrogen and oxygen atoms in total. The van der Waals surface area contributed by atoms with Crippen molar-refractivity contribution < 1.29 is 9.53 Å². The van der Waals surface area contributed by atoms with E-state index in [-0.39, 0.29) is 5.91 Å². The molecule has 0 aliphatic carbocycles. The predicted octanol–water partition coefficient (Wildman–Crippen LogP) is 2.48. The average molecular weight is 393 g/mol. The number of carbonyl (C=O) groups is 1. The summed E-state index contributed by atoms with van der Waals surface area (Å²) in [5, 5.41) is 0. The van der Waals surface area contributed by atoms with Crippen LogP contribution in [0.15, 0.2) is 30.5 Å². The minimum Gasteiger partial charge on any atom is -0.363 e. The smallest absolute Gasteiger partial charge is 0.256 e. The molecule has 1 aromatic heterocycles. The van der Waals surface area contributed by atoms with Crippen LogP contribution in [0.4, 0.5) is 0 Å². The third-order valence-electron chi connectivity index (χ3n) is 6.53. The van der Waals surface area contributed by atoms with Gasteiger partial charge in [-0.2, -0.15) is 0 Å². The molecule has 1 saturated heterocycles. The lowest BCUT2D eigenvalue weighted by Gasteiger charge is -2.35. The molecule has 1 aromatic carbocycles. The van der Waals surface area contributed by atoms with E-state index < -0.39 is 6.10 Å². The van der Waals surface area contributed by atoms with Gasteiger partial charge in [0.15, 0.2) is 6.10 Å². The van der Waals surface area contributed by atoms with Crippen molar-refractivity contribution in [2.45, 2.75) is 44.2 Å². The second-order valence-corrected chi connectivity index (χ2v) is 8.49. The lowest BCUT2D eigenvalue weighted by atomic mass is 9.93. The maximum absolute atomic E-state index is 13.1. The zero-order valence-corrected chi connectivity index (χ0v) is 17.0. The molecule has 1 fully saturated rings. The number of hydrogen-bond acceptors (Lipinski definition) is 5. The lowest BCUT2D eigenvalue weighted by Crippen LogP contribution is -2.42. The fourth-order valence-corrected chi connectivity index (χ4v) is 4.79. The number of nitrogens with zero attached hydrogens (tertiary/aromatic N) is 4. The highest BCUT2D eigenvalue weighted by atomic mass is 16.5. The summed E-state index contributed by atoms with van der Waals surface area (Å²) in [5.41, 5.74) is 4.73. The number of carbonyl (C=O) groups excluding carboxylic acids is 1. The Labute approximate surface area is 171 Å². The van der Waals surface area contributed by atoms with E-state index in [9.17, 15) is 4.79 Å². The van der Waals surface area contributed by atoms with Gasteiger partial charge in [-0.15, -0.1) is 0 Å². The normalized spacial score (nSPS) is 22.8. The molecule has 1 amide bonds. The largest absolute Gasteiger partial charge is 0.363 e. The molecule has 0 radical (unpaired) electrons. The van der Waals surface area contributed by atoms with Gasteiger partial charge in [-0.3, -0.25) is 4.79 Å². The number of fused-ring (bicyclic) bond motifs is 2. The van der Waals surface area contributed by atoms with Gasteiger partial charge in [-0.05, 0) is 37.4 Å². The van der Waals surface area contributed by atoms with Gasteiger partial charge < -0.3 is 14.5 Å². The highest BCUT2D eigenvalue weighted by molar-refractivity contribution is 5.83. The first kappa shape index (κ1) is 18.7. The van der Waals surface area contributed by atoms with Crippen molar-refractivity contribution in [2.24, 2.45) is 0 Å². The van der Waals surface area contributed by atoms with Gasteiger partial charge in [0.25, 0.3) is 5.91 Å². The summed E-state index contributed by atoms with van der Waals surface area (Å²) in [6.45, 7) is 4.09. The number of aromatic nitrogens is 2. The van der Waals surface area contributed by atoms with Crippen molar-refractivity contribution in [1.29, 1.82) is 0 Å². The molecule has 5 rings (SSSR count). The number of piperidine rings is 1. The molecule has 6 heteroatoms. The Morgan fingerprint density at radius 2 is 1.93 bits per heavy atom. The van der Waals surface area contributed by atoms with Crippen LogP contribution >= 0.6 is 0 Å². The first-order valence-electron chi connectivity index (χ1n) is 10.7. The number of benzene rings is 1. The van der Waals surface area contributed by atoms with Crippen molar-refractivity contribution >= 4 is 5.91 Å². The summed E-state index contributed by atoms with van der Waals surface area (Å²) in [7, 11) is 2.14. The van der Waals surface area contributed by atoms with E-state index in [1.165, 1.54) is 16.8 Å². The van der Waals surface area contributed by atoms with Gasteiger partial charge in [-0.1, -0.05) is 24.3 Å². The van der Waals surface area contributed by atoms with E-state index in [4.69, 9.17) is 9.72 Å². The second-order valence-electron chi connectivity index (χ2n) is 8.49. The standard InChI is InChI=1S/C23H28N4O2/c1-26-10-8-20-18(15-26)14-24-22(25-20)17-6-11-27(12-7-17)23(28)21-19-5-3-2-4-16(19)9-13-29-21/h2-5,14,17,21H,6-13,15H2,1H3/t21-/m1/s1. The summed E-state index contributed by atoms with van der Waals surface area (Å²) >= 11 is 0. The van der Waals surface area contributed by atoms with E-state index in [1.807, 2.05) is 29.3 Å². The highest BCUT2D eigenvalue weighted by Crippen LogP contribution is 2.32. The summed E-state index contributed by atoms with van der Waals surface area (Å²) in [4.78, 5) is 27.0. The van der Waals surface area contributed by atoms with Gasteiger partial charge in [-0.25, -0.2) is 9.97 Å². The molecule has 0 unspecified atom stereocenters. The van der Waals surface area contributed by atoms with Crippen LogP contribution in [-0.2, 0) is 28.9 Å². The highest BCUT2D eigenvalue weighted by Gasteiger charge is 2.33. The molecule has 1 atom stereocenters. The van der Waals surface area contributed by atoms with E-state index >= 15 is 0 Å². The Hall–Kier alpha value is -2.31. The van der Waals surface area contributed by atoms with Crippen molar-refractivity contribution in [3.63, 3.8) is 0 Å². The van der Waals surface area contributed by atoms with Crippen LogP contribution in [0, 0.1) is 0 Å². The van der Waals surface area contributed by atoms with Gasteiger partial charge >= 0.3 is 0 Å². The molecule has 0 N–H and O–H groups in total. The molecule has 0 spiro atoms. The molecular formula is C23H28N4O2. The van der Waals surface area contributed by atoms with E-state index in [0.29, 0.717) is 12.5 Å². The van der Waals surface area contributed by atoms with Crippen LogP contribution in [0.25, 0.3) is 0 Å². The van der Waals surface area contributed by atoms with Gasteiger partial charge in [0.05, 0.1) is 6.61 Å². The van der Waals surface area contributed by atoms with Gasteiger partial charge in [0.2, 0.25) is 0 Å². The van der Waals surface area contributed by atoms with Crippen LogP contribution in [-0.4, -0.2) is 59.0 Å². The number of rotatable bonds is 2. The van der Waals surface area contributed by atoms with Crippen LogP contribution in [0.1, 0.15) is 53.1 Å². The van der Waals surface area contributed by atoms with Crippen LogP contribution in [0.3, 0.4) is 0 Å². The molecule has 3 aliphatic rings.